The number of anilines is 1. The summed E-state index contributed by atoms with van der Waals surface area (Å²) in [7, 11) is 1.80. The number of aromatic nitrogens is 2. The van der Waals surface area contributed by atoms with E-state index in [1.54, 1.807) is 11.9 Å². The van der Waals surface area contributed by atoms with Gasteiger partial charge in [-0.05, 0) is 12.5 Å². The van der Waals surface area contributed by atoms with Gasteiger partial charge in [-0.25, -0.2) is 0 Å². The summed E-state index contributed by atoms with van der Waals surface area (Å²) in [4.78, 5) is 1.72. The van der Waals surface area contributed by atoms with Gasteiger partial charge in [-0.15, -0.1) is 5.10 Å². The van der Waals surface area contributed by atoms with Crippen LogP contribution in [0.4, 0.5) is 6.01 Å². The van der Waals surface area contributed by atoms with Crippen LogP contribution < -0.4 is 10.2 Å². The lowest BCUT2D eigenvalue weighted by molar-refractivity contribution is 0.301. The number of nitrogens with zero attached hydrogens (tertiary/aromatic N) is 3. The van der Waals surface area contributed by atoms with Crippen LogP contribution in [-0.2, 0) is 6.54 Å². The van der Waals surface area contributed by atoms with Gasteiger partial charge in [0.2, 0.25) is 5.89 Å². The molecule has 0 bridgehead atoms. The molecule has 0 aliphatic carbocycles. The van der Waals surface area contributed by atoms with E-state index in [1.807, 2.05) is 0 Å². The summed E-state index contributed by atoms with van der Waals surface area (Å²) in [6.45, 7) is 6.34. The zero-order valence-electron chi connectivity index (χ0n) is 10.1. The number of hydrogen-bond donors (Lipinski definition) is 2. The van der Waals surface area contributed by atoms with Crippen LogP contribution in [0.1, 0.15) is 19.7 Å². The minimum atomic E-state index is 0.0693. The molecule has 16 heavy (non-hydrogen) atoms. The zero-order valence-corrected chi connectivity index (χ0v) is 10.1. The lowest BCUT2D eigenvalue weighted by Gasteiger charge is -2.10. The van der Waals surface area contributed by atoms with Crippen molar-refractivity contribution in [3.63, 3.8) is 0 Å². The van der Waals surface area contributed by atoms with Crippen molar-refractivity contribution in [1.82, 2.24) is 15.5 Å². The van der Waals surface area contributed by atoms with Gasteiger partial charge in [0, 0.05) is 13.6 Å². The summed E-state index contributed by atoms with van der Waals surface area (Å²) < 4.78 is 5.41. The fourth-order valence-electron chi connectivity index (χ4n) is 1.18. The molecule has 1 aromatic rings. The molecular formula is C10H20N4O2. The second-order valence-corrected chi connectivity index (χ2v) is 4.15. The molecule has 0 radical (unpaired) electrons. The van der Waals surface area contributed by atoms with Crippen molar-refractivity contribution in [1.29, 1.82) is 0 Å². The monoisotopic (exact) mass is 228 g/mol. The maximum atomic E-state index is 8.76. The third kappa shape index (κ3) is 4.16. The fraction of sp³-hybridized carbons (Fsp3) is 0.800. The van der Waals surface area contributed by atoms with Crippen LogP contribution in [0, 0.1) is 5.92 Å². The minimum absolute atomic E-state index is 0.0693. The van der Waals surface area contributed by atoms with Crippen molar-refractivity contribution < 1.29 is 9.52 Å². The van der Waals surface area contributed by atoms with Crippen molar-refractivity contribution in [3.05, 3.63) is 5.89 Å². The highest BCUT2D eigenvalue weighted by Gasteiger charge is 2.09. The second kappa shape index (κ2) is 6.44. The van der Waals surface area contributed by atoms with Gasteiger partial charge in [-0.1, -0.05) is 18.9 Å². The third-order valence-corrected chi connectivity index (χ3v) is 2.05. The number of aliphatic hydroxyl groups is 1. The molecule has 0 unspecified atom stereocenters. The number of nitrogens with one attached hydrogen (secondary N) is 1. The Balaban J connectivity index is 2.39. The maximum absolute atomic E-state index is 8.76. The smallest absolute Gasteiger partial charge is 0.318 e. The highest BCUT2D eigenvalue weighted by atomic mass is 16.4. The average molecular weight is 228 g/mol. The van der Waals surface area contributed by atoms with Crippen LogP contribution >= 0.6 is 0 Å². The lowest BCUT2D eigenvalue weighted by atomic mass is 10.2. The van der Waals surface area contributed by atoms with Gasteiger partial charge in [0.25, 0.3) is 0 Å². The molecule has 0 spiro atoms. The molecule has 0 aromatic carbocycles. The lowest BCUT2D eigenvalue weighted by Crippen LogP contribution is -2.21. The normalized spacial score (nSPS) is 11.1. The molecule has 0 fully saturated rings. The standard InChI is InChI=1S/C10H20N4O2/c1-8(2)6-11-7-9-12-13-10(16-9)14(3)4-5-15/h8,11,15H,4-7H2,1-3H3. The molecule has 1 aromatic heterocycles. The van der Waals surface area contributed by atoms with Crippen molar-refractivity contribution in [3.8, 4) is 0 Å². The molecule has 0 amide bonds. The minimum Gasteiger partial charge on any atom is -0.407 e. The van der Waals surface area contributed by atoms with Gasteiger partial charge in [0.15, 0.2) is 0 Å². The molecule has 2 N–H and O–H groups in total. The molecule has 0 aliphatic heterocycles. The van der Waals surface area contributed by atoms with E-state index in [9.17, 15) is 0 Å². The van der Waals surface area contributed by atoms with E-state index in [4.69, 9.17) is 9.52 Å². The first-order valence-electron chi connectivity index (χ1n) is 5.48. The quantitative estimate of drug-likeness (QED) is 0.696. The summed E-state index contributed by atoms with van der Waals surface area (Å²) in [5, 5.41) is 19.8. The molecule has 6 nitrogen and oxygen atoms in total. The Morgan fingerprint density at radius 1 is 1.44 bits per heavy atom. The van der Waals surface area contributed by atoms with E-state index in [0.717, 1.165) is 6.54 Å². The van der Waals surface area contributed by atoms with Crippen molar-refractivity contribution in [2.45, 2.75) is 20.4 Å². The largest absolute Gasteiger partial charge is 0.407 e. The highest BCUT2D eigenvalue weighted by Crippen LogP contribution is 2.09. The molecule has 1 rings (SSSR count). The van der Waals surface area contributed by atoms with Crippen molar-refractivity contribution in [2.75, 3.05) is 31.6 Å². The van der Waals surface area contributed by atoms with Gasteiger partial charge in [-0.3, -0.25) is 0 Å². The van der Waals surface area contributed by atoms with Crippen LogP contribution in [0.2, 0.25) is 0 Å². The van der Waals surface area contributed by atoms with Gasteiger partial charge in [-0.2, -0.15) is 0 Å². The van der Waals surface area contributed by atoms with E-state index in [1.165, 1.54) is 0 Å². The number of rotatable bonds is 7. The molecular weight excluding hydrogens is 208 g/mol. The first-order valence-corrected chi connectivity index (χ1v) is 5.48. The molecule has 92 valence electrons. The molecule has 0 atom stereocenters. The molecule has 0 saturated carbocycles. The Bertz CT molecular complexity index is 301. The predicted octanol–water partition coefficient (Wildman–Crippen LogP) is 0.244. The Morgan fingerprint density at radius 3 is 2.81 bits per heavy atom. The van der Waals surface area contributed by atoms with Gasteiger partial charge >= 0.3 is 6.01 Å². The SMILES string of the molecule is CC(C)CNCc1nnc(N(C)CCO)o1. The van der Waals surface area contributed by atoms with E-state index in [2.05, 4.69) is 29.4 Å². The van der Waals surface area contributed by atoms with Gasteiger partial charge in [0.1, 0.15) is 0 Å². The molecule has 6 heteroatoms. The Labute approximate surface area is 95.7 Å². The van der Waals surface area contributed by atoms with Gasteiger partial charge < -0.3 is 19.7 Å². The highest BCUT2D eigenvalue weighted by molar-refractivity contribution is 5.21. The summed E-state index contributed by atoms with van der Waals surface area (Å²) in [5.74, 6) is 1.17. The Morgan fingerprint density at radius 2 is 2.19 bits per heavy atom. The summed E-state index contributed by atoms with van der Waals surface area (Å²) >= 11 is 0. The maximum Gasteiger partial charge on any atom is 0.318 e. The molecule has 1 heterocycles. The topological polar surface area (TPSA) is 74.4 Å². The number of hydrogen-bond acceptors (Lipinski definition) is 6. The van der Waals surface area contributed by atoms with E-state index >= 15 is 0 Å². The fourth-order valence-corrected chi connectivity index (χ4v) is 1.18. The Kier molecular flexibility index (Phi) is 5.21. The van der Waals surface area contributed by atoms with Crippen LogP contribution in [0.15, 0.2) is 4.42 Å². The average Bonchev–Trinajstić information content (AvgIpc) is 2.66. The van der Waals surface area contributed by atoms with E-state index in [0.29, 0.717) is 30.9 Å². The first kappa shape index (κ1) is 12.9. The number of aliphatic hydroxyl groups excluding tert-OH is 1. The first-order chi connectivity index (χ1) is 7.63. The Hall–Kier alpha value is -1.14. The summed E-state index contributed by atoms with van der Waals surface area (Å²) in [6.07, 6.45) is 0. The van der Waals surface area contributed by atoms with Crippen LogP contribution in [0.25, 0.3) is 0 Å². The van der Waals surface area contributed by atoms with Crippen molar-refractivity contribution >= 4 is 6.01 Å². The predicted molar refractivity (Wildman–Crippen MR) is 61.2 cm³/mol. The van der Waals surface area contributed by atoms with Crippen LogP contribution in [-0.4, -0.2) is 42.0 Å². The van der Waals surface area contributed by atoms with E-state index < -0.39 is 0 Å². The third-order valence-electron chi connectivity index (χ3n) is 2.05. The number of likely N-dealkylation sites (N-methyl/N-ethyl adjacent to an activating group) is 1. The zero-order chi connectivity index (χ0) is 12.0. The van der Waals surface area contributed by atoms with Gasteiger partial charge in [0.05, 0.1) is 13.2 Å². The van der Waals surface area contributed by atoms with Crippen LogP contribution in [0.5, 0.6) is 0 Å². The van der Waals surface area contributed by atoms with E-state index in [-0.39, 0.29) is 6.61 Å². The van der Waals surface area contributed by atoms with Crippen molar-refractivity contribution in [2.24, 2.45) is 5.92 Å². The summed E-state index contributed by atoms with van der Waals surface area (Å²) in [5.41, 5.74) is 0. The molecule has 0 saturated heterocycles. The summed E-state index contributed by atoms with van der Waals surface area (Å²) in [6, 6.07) is 0.440. The molecule has 0 aliphatic rings. The van der Waals surface area contributed by atoms with Crippen LogP contribution in [0.3, 0.4) is 0 Å². The second-order valence-electron chi connectivity index (χ2n) is 4.15.